The van der Waals surface area contributed by atoms with Crippen LogP contribution < -0.4 is 9.80 Å². The Morgan fingerprint density at radius 1 is 0.357 bits per heavy atom. The molecule has 0 radical (unpaired) electrons. The fraction of sp³-hybridized carbons (Fsp3) is 0.115. The molecule has 0 N–H and O–H groups in total. The lowest BCUT2D eigenvalue weighted by atomic mass is 9.73. The molecule has 0 bridgehead atoms. The van der Waals surface area contributed by atoms with Crippen LogP contribution in [-0.2, 0) is 10.8 Å². The van der Waals surface area contributed by atoms with Crippen LogP contribution in [0.15, 0.2) is 158 Å². The van der Waals surface area contributed by atoms with Crippen molar-refractivity contribution in [2.45, 2.75) is 38.5 Å². The normalized spacial score (nSPS) is 15.4. The summed E-state index contributed by atoms with van der Waals surface area (Å²) in [4.78, 5) is 5.03. The lowest BCUT2D eigenvalue weighted by molar-refractivity contribution is 0.633. The second kappa shape index (κ2) is 11.3. The van der Waals surface area contributed by atoms with E-state index in [0.717, 1.165) is 0 Å². The molecule has 2 aromatic heterocycles. The summed E-state index contributed by atoms with van der Waals surface area (Å²) in [6.45, 7) is 9.54. The van der Waals surface area contributed by atoms with Crippen LogP contribution in [0.5, 0.6) is 0 Å². The fourth-order valence-electron chi connectivity index (χ4n) is 10.1. The number of nitrogens with zero attached hydrogens (tertiary/aromatic N) is 2. The van der Waals surface area contributed by atoms with E-state index in [1.54, 1.807) is 0 Å². The molecule has 0 amide bonds. The Balaban J connectivity index is 1.14. The smallest absolute Gasteiger partial charge is 0.0681 e. The maximum Gasteiger partial charge on any atom is 0.0681 e. The molecule has 2 aliphatic heterocycles. The van der Waals surface area contributed by atoms with Gasteiger partial charge in [0.1, 0.15) is 0 Å². The monoisotopic (exact) mass is 754 g/mol. The van der Waals surface area contributed by atoms with Crippen molar-refractivity contribution in [2.75, 3.05) is 9.80 Å². The van der Waals surface area contributed by atoms with Gasteiger partial charge in [0.25, 0.3) is 0 Å². The zero-order valence-electron chi connectivity index (χ0n) is 31.7. The van der Waals surface area contributed by atoms with Crippen LogP contribution in [0, 0.1) is 0 Å². The van der Waals surface area contributed by atoms with E-state index in [2.05, 4.69) is 195 Å². The highest BCUT2D eigenvalue weighted by Gasteiger charge is 2.40. The van der Waals surface area contributed by atoms with Crippen molar-refractivity contribution in [3.8, 4) is 0 Å². The van der Waals surface area contributed by atoms with Crippen molar-refractivity contribution in [3.63, 3.8) is 0 Å². The highest BCUT2D eigenvalue weighted by atomic mass is 32.1. The summed E-state index contributed by atoms with van der Waals surface area (Å²) >= 11 is 3.88. The minimum Gasteiger partial charge on any atom is -0.308 e. The Morgan fingerprint density at radius 3 is 1.16 bits per heavy atom. The molecule has 268 valence electrons. The van der Waals surface area contributed by atoms with E-state index < -0.39 is 0 Å². The van der Waals surface area contributed by atoms with Crippen LogP contribution >= 0.6 is 22.7 Å². The Bertz CT molecular complexity index is 3040. The van der Waals surface area contributed by atoms with Crippen LogP contribution in [0.25, 0.3) is 51.1 Å². The summed E-state index contributed by atoms with van der Waals surface area (Å²) in [6.07, 6.45) is 0. The average molecular weight is 755 g/mol. The third kappa shape index (κ3) is 4.15. The van der Waals surface area contributed by atoms with Gasteiger partial charge in [-0.15, -0.1) is 22.7 Å². The summed E-state index contributed by atoms with van der Waals surface area (Å²) in [5.74, 6) is 0. The number of anilines is 6. The molecule has 2 aliphatic rings. The highest BCUT2D eigenvalue weighted by Crippen LogP contribution is 2.59. The molecule has 0 atom stereocenters. The Kier molecular flexibility index (Phi) is 6.53. The molecule has 12 rings (SSSR count). The fourth-order valence-corrected chi connectivity index (χ4v) is 12.6. The predicted octanol–water partition coefficient (Wildman–Crippen LogP) is 15.8. The van der Waals surface area contributed by atoms with Gasteiger partial charge in [-0.2, -0.15) is 0 Å². The topological polar surface area (TPSA) is 6.48 Å². The molecule has 4 heteroatoms. The summed E-state index contributed by atoms with van der Waals surface area (Å²) in [5, 5.41) is 8.02. The Hall–Kier alpha value is -5.94. The standard InChI is InChI=1S/C52H38N2S2/c1-51(2)37-19-11-13-21-41(37)53(31-15-7-5-8-16-31)47-39(51)27-23-35-45-33-26-30-44-46(34(33)25-29-43(45)55-49(35)47)36-24-28-40-48(50(36)56-44)54(32-17-9-6-10-18-32)42-22-14-12-20-38(42)52(40,3)4/h5-30H,1-4H3. The first-order chi connectivity index (χ1) is 27.3. The van der Waals surface area contributed by atoms with Crippen LogP contribution in [0.1, 0.15) is 49.9 Å². The van der Waals surface area contributed by atoms with Gasteiger partial charge in [0.2, 0.25) is 0 Å². The Morgan fingerprint density at radius 2 is 0.732 bits per heavy atom. The number of hydrogen-bond acceptors (Lipinski definition) is 4. The van der Waals surface area contributed by atoms with Crippen molar-refractivity contribution in [3.05, 3.63) is 180 Å². The second-order valence-electron chi connectivity index (χ2n) is 16.5. The molecular weight excluding hydrogens is 717 g/mol. The third-order valence-electron chi connectivity index (χ3n) is 12.8. The van der Waals surface area contributed by atoms with E-state index in [1.165, 1.54) is 107 Å². The van der Waals surface area contributed by atoms with Gasteiger partial charge in [-0.3, -0.25) is 0 Å². The van der Waals surface area contributed by atoms with Crippen LogP contribution in [0.3, 0.4) is 0 Å². The van der Waals surface area contributed by atoms with Gasteiger partial charge in [0, 0.05) is 53.1 Å². The molecule has 2 nitrogen and oxygen atoms in total. The van der Waals surface area contributed by atoms with Crippen molar-refractivity contribution in [2.24, 2.45) is 0 Å². The van der Waals surface area contributed by atoms with Gasteiger partial charge in [0.15, 0.2) is 0 Å². The quantitative estimate of drug-likeness (QED) is 0.173. The van der Waals surface area contributed by atoms with Crippen LogP contribution in [0.2, 0.25) is 0 Å². The molecule has 4 heterocycles. The van der Waals surface area contributed by atoms with Crippen molar-refractivity contribution < 1.29 is 0 Å². The number of rotatable bonds is 2. The maximum atomic E-state index is 2.52. The molecule has 0 saturated heterocycles. The van der Waals surface area contributed by atoms with E-state index in [1.807, 2.05) is 22.7 Å². The zero-order chi connectivity index (χ0) is 37.5. The summed E-state index contributed by atoms with van der Waals surface area (Å²) in [5.41, 5.74) is 12.7. The Labute approximate surface area is 334 Å². The number of fused-ring (bicyclic) bond motifs is 15. The molecule has 8 aromatic carbocycles. The molecule has 0 unspecified atom stereocenters. The van der Waals surface area contributed by atoms with E-state index in [9.17, 15) is 0 Å². The summed E-state index contributed by atoms with van der Waals surface area (Å²) in [6, 6.07) is 59.0. The first-order valence-corrected chi connectivity index (χ1v) is 21.2. The molecular formula is C52H38N2S2. The predicted molar refractivity (Wildman–Crippen MR) is 243 cm³/mol. The molecule has 0 saturated carbocycles. The molecule has 10 aromatic rings. The average Bonchev–Trinajstić information content (AvgIpc) is 3.81. The van der Waals surface area contributed by atoms with Gasteiger partial charge >= 0.3 is 0 Å². The van der Waals surface area contributed by atoms with E-state index >= 15 is 0 Å². The van der Waals surface area contributed by atoms with Gasteiger partial charge in [-0.25, -0.2) is 0 Å². The van der Waals surface area contributed by atoms with Crippen LogP contribution in [-0.4, -0.2) is 0 Å². The summed E-state index contributed by atoms with van der Waals surface area (Å²) < 4.78 is 5.35. The first-order valence-electron chi connectivity index (χ1n) is 19.5. The molecule has 0 aliphatic carbocycles. The number of para-hydroxylation sites is 4. The maximum absolute atomic E-state index is 2.52. The number of hydrogen-bond donors (Lipinski definition) is 0. The number of thiophene rings is 2. The van der Waals surface area contributed by atoms with Gasteiger partial charge in [0.05, 0.1) is 32.1 Å². The largest absolute Gasteiger partial charge is 0.308 e. The highest BCUT2D eigenvalue weighted by molar-refractivity contribution is 7.27. The lowest BCUT2D eigenvalue weighted by Crippen LogP contribution is -2.30. The van der Waals surface area contributed by atoms with Gasteiger partial charge in [-0.05, 0) is 81.6 Å². The SMILES string of the molecule is CC1(C)c2ccccc2N(c2ccccc2)c2c1ccc1c2sc2ccc3c(ccc4sc5c6c(ccc5c43)C(C)(C)c3ccccc3N6c3ccccc3)c21. The van der Waals surface area contributed by atoms with Gasteiger partial charge in [-0.1, -0.05) is 137 Å². The van der Waals surface area contributed by atoms with Crippen molar-refractivity contribution in [1.29, 1.82) is 0 Å². The molecule has 56 heavy (non-hydrogen) atoms. The van der Waals surface area contributed by atoms with Crippen molar-refractivity contribution in [1.82, 2.24) is 0 Å². The third-order valence-corrected chi connectivity index (χ3v) is 15.2. The van der Waals surface area contributed by atoms with Gasteiger partial charge < -0.3 is 9.80 Å². The lowest BCUT2D eigenvalue weighted by Gasteiger charge is -2.42. The number of benzene rings is 8. The van der Waals surface area contributed by atoms with Crippen molar-refractivity contribution >= 4 is 108 Å². The molecule has 0 spiro atoms. The summed E-state index contributed by atoms with van der Waals surface area (Å²) in [7, 11) is 0. The first kappa shape index (κ1) is 32.3. The minimum atomic E-state index is -0.146. The minimum absolute atomic E-state index is 0.146. The van der Waals surface area contributed by atoms with E-state index in [0.29, 0.717) is 0 Å². The molecule has 0 fully saturated rings. The van der Waals surface area contributed by atoms with E-state index in [-0.39, 0.29) is 10.8 Å². The zero-order valence-corrected chi connectivity index (χ0v) is 33.4. The van der Waals surface area contributed by atoms with E-state index in [4.69, 9.17) is 0 Å². The second-order valence-corrected chi connectivity index (χ2v) is 18.6. The van der Waals surface area contributed by atoms with Crippen LogP contribution in [0.4, 0.5) is 34.1 Å².